The predicted octanol–water partition coefficient (Wildman–Crippen LogP) is 2.27. The topological polar surface area (TPSA) is 86.5 Å². The van der Waals surface area contributed by atoms with E-state index in [9.17, 15) is 9.90 Å². The maximum absolute atomic E-state index is 11.4. The third-order valence-corrected chi connectivity index (χ3v) is 3.62. The summed E-state index contributed by atoms with van der Waals surface area (Å²) in [5.74, 6) is -0.934. The smallest absolute Gasteiger partial charge is 0.341 e. The number of aromatic nitrogens is 3. The van der Waals surface area contributed by atoms with E-state index in [0.717, 1.165) is 26.1 Å². The highest BCUT2D eigenvalue weighted by molar-refractivity contribution is 5.94. The van der Waals surface area contributed by atoms with E-state index in [4.69, 9.17) is 9.47 Å². The van der Waals surface area contributed by atoms with Crippen molar-refractivity contribution in [1.29, 1.82) is 0 Å². The van der Waals surface area contributed by atoms with Crippen LogP contribution in [0.3, 0.4) is 0 Å². The number of ether oxygens (including phenoxy) is 2. The second-order valence-corrected chi connectivity index (χ2v) is 5.68. The second kappa shape index (κ2) is 5.92. The van der Waals surface area contributed by atoms with Crippen LogP contribution >= 0.6 is 0 Å². The van der Waals surface area contributed by atoms with Crippen LogP contribution in [0.4, 0.5) is 0 Å². The van der Waals surface area contributed by atoms with Gasteiger partial charge in [-0.15, -0.1) is 0 Å². The molecule has 0 aliphatic carbocycles. The first-order valence-electron chi connectivity index (χ1n) is 7.42. The predicted molar refractivity (Wildman–Crippen MR) is 79.3 cm³/mol. The van der Waals surface area contributed by atoms with E-state index in [1.807, 2.05) is 24.7 Å². The molecule has 7 nitrogen and oxygen atoms in total. The van der Waals surface area contributed by atoms with Crippen LogP contribution in [0, 0.1) is 0 Å². The lowest BCUT2D eigenvalue weighted by atomic mass is 10.1. The summed E-state index contributed by atoms with van der Waals surface area (Å²) in [7, 11) is 0. The van der Waals surface area contributed by atoms with Crippen molar-refractivity contribution in [3.05, 3.63) is 17.8 Å². The maximum atomic E-state index is 11.4. The van der Waals surface area contributed by atoms with Crippen molar-refractivity contribution in [2.75, 3.05) is 13.2 Å². The molecule has 2 aromatic rings. The van der Waals surface area contributed by atoms with Gasteiger partial charge >= 0.3 is 5.97 Å². The molecule has 0 aromatic carbocycles. The van der Waals surface area contributed by atoms with Gasteiger partial charge in [-0.1, -0.05) is 0 Å². The zero-order valence-corrected chi connectivity index (χ0v) is 12.7. The standard InChI is InChI=1S/C15H19N3O4/c1-9(2)22-14-12(15(19)20)7-10-8-18(17-13(10)16-14)11-3-5-21-6-4-11/h7-9,11H,3-6H2,1-2H3,(H,19,20). The molecule has 1 aliphatic heterocycles. The monoisotopic (exact) mass is 305 g/mol. The highest BCUT2D eigenvalue weighted by Crippen LogP contribution is 2.26. The molecular weight excluding hydrogens is 286 g/mol. The lowest BCUT2D eigenvalue weighted by molar-refractivity contribution is 0.0663. The summed E-state index contributed by atoms with van der Waals surface area (Å²) < 4.78 is 12.7. The summed E-state index contributed by atoms with van der Waals surface area (Å²) in [6.45, 7) is 5.10. The van der Waals surface area contributed by atoms with Crippen LogP contribution in [0.2, 0.25) is 0 Å². The molecule has 2 aromatic heterocycles. The van der Waals surface area contributed by atoms with Crippen molar-refractivity contribution in [3.8, 4) is 5.88 Å². The van der Waals surface area contributed by atoms with Gasteiger partial charge in [-0.05, 0) is 32.8 Å². The summed E-state index contributed by atoms with van der Waals surface area (Å²) in [5.41, 5.74) is 0.569. The number of carbonyl (C=O) groups is 1. The van der Waals surface area contributed by atoms with Gasteiger partial charge in [0.2, 0.25) is 5.88 Å². The van der Waals surface area contributed by atoms with Gasteiger partial charge in [0.1, 0.15) is 5.56 Å². The molecule has 3 heterocycles. The summed E-state index contributed by atoms with van der Waals surface area (Å²) in [6, 6.07) is 1.84. The fourth-order valence-electron chi connectivity index (χ4n) is 2.56. The summed E-state index contributed by atoms with van der Waals surface area (Å²) in [5, 5.41) is 14.5. The summed E-state index contributed by atoms with van der Waals surface area (Å²) in [6.07, 6.45) is 3.49. The zero-order valence-electron chi connectivity index (χ0n) is 12.7. The number of carboxylic acids is 1. The molecule has 22 heavy (non-hydrogen) atoms. The van der Waals surface area contributed by atoms with E-state index in [-0.39, 0.29) is 23.6 Å². The molecule has 0 unspecified atom stereocenters. The number of hydrogen-bond acceptors (Lipinski definition) is 5. The van der Waals surface area contributed by atoms with Crippen LogP contribution in [-0.4, -0.2) is 45.2 Å². The molecule has 1 saturated heterocycles. The highest BCUT2D eigenvalue weighted by Gasteiger charge is 2.21. The molecule has 7 heteroatoms. The van der Waals surface area contributed by atoms with Crippen molar-refractivity contribution in [3.63, 3.8) is 0 Å². The molecular formula is C15H19N3O4. The van der Waals surface area contributed by atoms with Crippen LogP contribution in [0.5, 0.6) is 5.88 Å². The Morgan fingerprint density at radius 1 is 1.45 bits per heavy atom. The van der Waals surface area contributed by atoms with Crippen LogP contribution in [0.25, 0.3) is 11.0 Å². The van der Waals surface area contributed by atoms with Gasteiger partial charge in [0.05, 0.1) is 12.1 Å². The Morgan fingerprint density at radius 3 is 2.82 bits per heavy atom. The van der Waals surface area contributed by atoms with Crippen LogP contribution in [0.15, 0.2) is 12.3 Å². The van der Waals surface area contributed by atoms with Crippen LogP contribution < -0.4 is 4.74 Å². The molecule has 0 saturated carbocycles. The van der Waals surface area contributed by atoms with Crippen molar-refractivity contribution in [2.24, 2.45) is 0 Å². The number of rotatable bonds is 4. The van der Waals surface area contributed by atoms with E-state index >= 15 is 0 Å². The number of carboxylic acid groups (broad SMARTS) is 1. The van der Waals surface area contributed by atoms with Gasteiger partial charge in [0, 0.05) is 24.8 Å². The quantitative estimate of drug-likeness (QED) is 0.932. The fourth-order valence-corrected chi connectivity index (χ4v) is 2.56. The van der Waals surface area contributed by atoms with Gasteiger partial charge in [-0.25, -0.2) is 4.79 Å². The first kappa shape index (κ1) is 14.8. The van der Waals surface area contributed by atoms with Gasteiger partial charge in [0.15, 0.2) is 5.65 Å². The molecule has 0 amide bonds. The summed E-state index contributed by atoms with van der Waals surface area (Å²) >= 11 is 0. The number of hydrogen-bond donors (Lipinski definition) is 1. The van der Waals surface area contributed by atoms with E-state index in [1.54, 1.807) is 6.07 Å². The molecule has 0 spiro atoms. The minimum Gasteiger partial charge on any atom is -0.477 e. The van der Waals surface area contributed by atoms with E-state index in [1.165, 1.54) is 0 Å². The third kappa shape index (κ3) is 2.89. The molecule has 0 bridgehead atoms. The van der Waals surface area contributed by atoms with Crippen molar-refractivity contribution >= 4 is 17.0 Å². The van der Waals surface area contributed by atoms with Crippen LogP contribution in [0.1, 0.15) is 43.1 Å². The normalized spacial score (nSPS) is 16.3. The van der Waals surface area contributed by atoms with Gasteiger partial charge < -0.3 is 14.6 Å². The molecule has 0 atom stereocenters. The first-order valence-corrected chi connectivity index (χ1v) is 7.42. The van der Waals surface area contributed by atoms with Gasteiger partial charge in [-0.3, -0.25) is 4.68 Å². The number of aromatic carboxylic acids is 1. The summed E-state index contributed by atoms with van der Waals surface area (Å²) in [4.78, 5) is 15.7. The minimum atomic E-state index is -1.05. The maximum Gasteiger partial charge on any atom is 0.341 e. The minimum absolute atomic E-state index is 0.0627. The van der Waals surface area contributed by atoms with Crippen molar-refractivity contribution < 1.29 is 19.4 Å². The highest BCUT2D eigenvalue weighted by atomic mass is 16.5. The number of fused-ring (bicyclic) bond motifs is 1. The SMILES string of the molecule is CC(C)Oc1nc2nn(C3CCOCC3)cc2cc1C(=O)O. The largest absolute Gasteiger partial charge is 0.477 e. The first-order chi connectivity index (χ1) is 10.5. The Hall–Kier alpha value is -2.15. The Morgan fingerprint density at radius 2 is 2.18 bits per heavy atom. The van der Waals surface area contributed by atoms with Gasteiger partial charge in [0.25, 0.3) is 0 Å². The van der Waals surface area contributed by atoms with Crippen molar-refractivity contribution in [1.82, 2.24) is 14.8 Å². The average molecular weight is 305 g/mol. The van der Waals surface area contributed by atoms with E-state index in [0.29, 0.717) is 11.0 Å². The molecule has 0 radical (unpaired) electrons. The lowest BCUT2D eigenvalue weighted by Gasteiger charge is -2.21. The third-order valence-electron chi connectivity index (χ3n) is 3.62. The number of pyridine rings is 1. The molecule has 1 aliphatic rings. The second-order valence-electron chi connectivity index (χ2n) is 5.68. The Balaban J connectivity index is 2.01. The van der Waals surface area contributed by atoms with E-state index in [2.05, 4.69) is 10.1 Å². The van der Waals surface area contributed by atoms with Crippen molar-refractivity contribution in [2.45, 2.75) is 38.8 Å². The Kier molecular flexibility index (Phi) is 3.98. The molecule has 3 rings (SSSR count). The zero-order chi connectivity index (χ0) is 15.7. The number of nitrogens with zero attached hydrogens (tertiary/aromatic N) is 3. The Bertz CT molecular complexity index is 689. The Labute approximate surface area is 127 Å². The van der Waals surface area contributed by atoms with E-state index < -0.39 is 5.97 Å². The lowest BCUT2D eigenvalue weighted by Crippen LogP contribution is -2.19. The van der Waals surface area contributed by atoms with Gasteiger partial charge in [-0.2, -0.15) is 10.1 Å². The van der Waals surface area contributed by atoms with Crippen LogP contribution in [-0.2, 0) is 4.74 Å². The molecule has 1 N–H and O–H groups in total. The fraction of sp³-hybridized carbons (Fsp3) is 0.533. The molecule has 1 fully saturated rings. The molecule has 118 valence electrons. The average Bonchev–Trinajstić information content (AvgIpc) is 2.89.